The van der Waals surface area contributed by atoms with Gasteiger partial charge in [-0.3, -0.25) is 0 Å². The van der Waals surface area contributed by atoms with Crippen molar-refractivity contribution in [1.29, 1.82) is 0 Å². The fourth-order valence-electron chi connectivity index (χ4n) is 2.07. The molecule has 0 fully saturated rings. The number of nitrogens with zero attached hydrogens (tertiary/aromatic N) is 2. The highest BCUT2D eigenvalue weighted by Crippen LogP contribution is 2.25. The highest BCUT2D eigenvalue weighted by molar-refractivity contribution is 7.99. The summed E-state index contributed by atoms with van der Waals surface area (Å²) in [5, 5.41) is 4.90. The Hall–Kier alpha value is -2.63. The Morgan fingerprint density at radius 1 is 1.12 bits per heavy atom. The van der Waals surface area contributed by atoms with Crippen molar-refractivity contribution in [1.82, 2.24) is 4.98 Å². The van der Waals surface area contributed by atoms with E-state index in [4.69, 9.17) is 16.4 Å². The molecule has 3 aromatic rings. The first kappa shape index (κ1) is 18.2. The Morgan fingerprint density at radius 3 is 2.58 bits per heavy atom. The highest BCUT2D eigenvalue weighted by atomic mass is 35.5. The van der Waals surface area contributed by atoms with Crippen LogP contribution < -0.4 is 0 Å². The first-order valence-electron chi connectivity index (χ1n) is 7.81. The molecule has 130 valence electrons. The monoisotopic (exact) mass is 382 g/mol. The average Bonchev–Trinajstić information content (AvgIpc) is 2.65. The Bertz CT molecular complexity index is 925. The molecule has 0 spiro atoms. The molecule has 0 aliphatic heterocycles. The SMILES string of the molecule is Cc1ccc(Sc2ccc(/C=N\OC(=O)c3ccccc3Cl)cn2)cc1. The molecule has 3 rings (SSSR count). The van der Waals surface area contributed by atoms with Crippen molar-refractivity contribution in [2.24, 2.45) is 5.16 Å². The third-order valence-corrected chi connectivity index (χ3v) is 4.72. The summed E-state index contributed by atoms with van der Waals surface area (Å²) in [5.41, 5.74) is 2.22. The zero-order valence-corrected chi connectivity index (χ0v) is 15.5. The molecule has 4 nitrogen and oxygen atoms in total. The van der Waals surface area contributed by atoms with E-state index in [1.165, 1.54) is 11.8 Å². The summed E-state index contributed by atoms with van der Waals surface area (Å²) >= 11 is 7.52. The van der Waals surface area contributed by atoms with Gasteiger partial charge in [-0.05, 0) is 43.3 Å². The van der Waals surface area contributed by atoms with E-state index < -0.39 is 5.97 Å². The number of aromatic nitrogens is 1. The van der Waals surface area contributed by atoms with E-state index in [-0.39, 0.29) is 5.56 Å². The Labute approximate surface area is 160 Å². The lowest BCUT2D eigenvalue weighted by molar-refractivity contribution is 0.0519. The fourth-order valence-corrected chi connectivity index (χ4v) is 3.03. The van der Waals surface area contributed by atoms with Crippen molar-refractivity contribution in [2.75, 3.05) is 0 Å². The number of aryl methyl sites for hydroxylation is 1. The smallest absolute Gasteiger partial charge is 0.313 e. The van der Waals surface area contributed by atoms with Crippen LogP contribution in [0.25, 0.3) is 0 Å². The molecule has 0 radical (unpaired) electrons. The maximum atomic E-state index is 11.9. The highest BCUT2D eigenvalue weighted by Gasteiger charge is 2.10. The van der Waals surface area contributed by atoms with Crippen LogP contribution in [-0.4, -0.2) is 17.2 Å². The molecule has 0 atom stereocenters. The van der Waals surface area contributed by atoms with E-state index in [9.17, 15) is 4.79 Å². The van der Waals surface area contributed by atoms with E-state index in [2.05, 4.69) is 41.3 Å². The van der Waals surface area contributed by atoms with Gasteiger partial charge in [0.1, 0.15) is 5.03 Å². The molecule has 2 aromatic carbocycles. The van der Waals surface area contributed by atoms with E-state index in [1.807, 2.05) is 12.1 Å². The molecule has 0 N–H and O–H groups in total. The molecule has 1 heterocycles. The normalized spacial score (nSPS) is 10.8. The van der Waals surface area contributed by atoms with E-state index in [1.54, 1.807) is 42.2 Å². The summed E-state index contributed by atoms with van der Waals surface area (Å²) in [5.74, 6) is -0.605. The van der Waals surface area contributed by atoms with E-state index in [0.717, 1.165) is 15.5 Å². The summed E-state index contributed by atoms with van der Waals surface area (Å²) in [6.45, 7) is 2.05. The van der Waals surface area contributed by atoms with E-state index >= 15 is 0 Å². The van der Waals surface area contributed by atoms with Gasteiger partial charge in [0, 0.05) is 16.7 Å². The van der Waals surface area contributed by atoms with E-state index in [0.29, 0.717) is 5.02 Å². The minimum Gasteiger partial charge on any atom is -0.313 e. The quantitative estimate of drug-likeness (QED) is 0.337. The molecule has 26 heavy (non-hydrogen) atoms. The number of hydrogen-bond acceptors (Lipinski definition) is 5. The summed E-state index contributed by atoms with van der Waals surface area (Å²) in [6.07, 6.45) is 3.10. The zero-order valence-electron chi connectivity index (χ0n) is 13.9. The molecular weight excluding hydrogens is 368 g/mol. The molecule has 0 aliphatic rings. The molecule has 0 saturated heterocycles. The van der Waals surface area contributed by atoms with Crippen LogP contribution in [0.3, 0.4) is 0 Å². The molecule has 0 aliphatic carbocycles. The zero-order chi connectivity index (χ0) is 18.4. The van der Waals surface area contributed by atoms with Gasteiger partial charge in [0.2, 0.25) is 0 Å². The first-order chi connectivity index (χ1) is 12.6. The topological polar surface area (TPSA) is 51.5 Å². The van der Waals surface area contributed by atoms with Gasteiger partial charge in [-0.2, -0.15) is 0 Å². The maximum absolute atomic E-state index is 11.9. The summed E-state index contributed by atoms with van der Waals surface area (Å²) in [7, 11) is 0. The molecule has 0 amide bonds. The van der Waals surface area contributed by atoms with Gasteiger partial charge in [-0.25, -0.2) is 9.78 Å². The lowest BCUT2D eigenvalue weighted by Crippen LogP contribution is -2.01. The van der Waals surface area contributed by atoms with Gasteiger partial charge in [0.15, 0.2) is 0 Å². The number of hydrogen-bond donors (Lipinski definition) is 0. The Kier molecular flexibility index (Phi) is 6.04. The maximum Gasteiger partial charge on any atom is 0.367 e. The van der Waals surface area contributed by atoms with Gasteiger partial charge in [0.05, 0.1) is 16.8 Å². The number of benzene rings is 2. The van der Waals surface area contributed by atoms with Crippen LogP contribution in [0, 0.1) is 6.92 Å². The van der Waals surface area contributed by atoms with Crippen molar-refractivity contribution < 1.29 is 9.63 Å². The van der Waals surface area contributed by atoms with Crippen LogP contribution in [0.1, 0.15) is 21.5 Å². The third kappa shape index (κ3) is 4.94. The summed E-state index contributed by atoms with van der Waals surface area (Å²) in [6, 6.07) is 18.7. The van der Waals surface area contributed by atoms with Gasteiger partial charge in [0.25, 0.3) is 0 Å². The van der Waals surface area contributed by atoms with Crippen LogP contribution in [0.5, 0.6) is 0 Å². The van der Waals surface area contributed by atoms with Crippen molar-refractivity contribution in [3.63, 3.8) is 0 Å². The van der Waals surface area contributed by atoms with Crippen molar-refractivity contribution in [3.8, 4) is 0 Å². The largest absolute Gasteiger partial charge is 0.367 e. The second-order valence-electron chi connectivity index (χ2n) is 5.44. The molecule has 0 bridgehead atoms. The van der Waals surface area contributed by atoms with Crippen molar-refractivity contribution in [2.45, 2.75) is 16.8 Å². The van der Waals surface area contributed by atoms with Crippen LogP contribution in [0.15, 0.2) is 81.9 Å². The van der Waals surface area contributed by atoms with Crippen LogP contribution >= 0.6 is 23.4 Å². The molecule has 1 aromatic heterocycles. The third-order valence-electron chi connectivity index (χ3n) is 3.43. The number of carbonyl (C=O) groups is 1. The first-order valence-corrected chi connectivity index (χ1v) is 9.01. The molecular formula is C20H15ClN2O2S. The number of oxime groups is 1. The average molecular weight is 383 g/mol. The van der Waals surface area contributed by atoms with Crippen molar-refractivity contribution in [3.05, 3.63) is 88.6 Å². The van der Waals surface area contributed by atoms with Crippen molar-refractivity contribution >= 4 is 35.5 Å². The minimum absolute atomic E-state index is 0.272. The summed E-state index contributed by atoms with van der Waals surface area (Å²) < 4.78 is 0. The van der Waals surface area contributed by atoms with Crippen LogP contribution in [-0.2, 0) is 4.84 Å². The molecule has 0 unspecified atom stereocenters. The molecule has 0 saturated carbocycles. The minimum atomic E-state index is -0.605. The number of pyridine rings is 1. The fraction of sp³-hybridized carbons (Fsp3) is 0.0500. The Balaban J connectivity index is 1.58. The predicted octanol–water partition coefficient (Wildman–Crippen LogP) is 5.39. The standard InChI is InChI=1S/C20H15ClN2O2S/c1-14-6-9-16(10-7-14)26-19-11-8-15(12-22-19)13-23-25-20(24)17-4-2-3-5-18(17)21/h2-13H,1H3/b23-13-. The Morgan fingerprint density at radius 2 is 1.88 bits per heavy atom. The van der Waals surface area contributed by atoms with Gasteiger partial charge in [-0.1, -0.05) is 58.3 Å². The lowest BCUT2D eigenvalue weighted by Gasteiger charge is -2.02. The van der Waals surface area contributed by atoms with Gasteiger partial charge >= 0.3 is 5.97 Å². The predicted molar refractivity (Wildman–Crippen MR) is 104 cm³/mol. The second-order valence-corrected chi connectivity index (χ2v) is 6.94. The second kappa shape index (κ2) is 8.65. The van der Waals surface area contributed by atoms with Crippen LogP contribution in [0.4, 0.5) is 0 Å². The molecule has 6 heteroatoms. The lowest BCUT2D eigenvalue weighted by atomic mass is 10.2. The number of carbonyl (C=O) groups excluding carboxylic acids is 1. The van der Waals surface area contributed by atoms with Crippen LogP contribution in [0.2, 0.25) is 5.02 Å². The number of halogens is 1. The van der Waals surface area contributed by atoms with Gasteiger partial charge < -0.3 is 4.84 Å². The summed E-state index contributed by atoms with van der Waals surface area (Å²) in [4.78, 5) is 22.3. The number of rotatable bonds is 5. The van der Waals surface area contributed by atoms with Gasteiger partial charge in [-0.15, -0.1) is 0 Å².